The Labute approximate surface area is 262 Å². The molecule has 0 radical (unpaired) electrons. The van der Waals surface area contributed by atoms with Crippen LogP contribution in [0.15, 0.2) is 20.8 Å². The number of nitrogens with one attached hydrogen (secondary N) is 2. The van der Waals surface area contributed by atoms with Gasteiger partial charge in [0.05, 0.1) is 0 Å². The molecule has 0 saturated carbocycles. The molecule has 0 bridgehead atoms. The number of carboxylic acid groups (broad SMARTS) is 1. The largest absolute Gasteiger partial charge is 0.477 e. The molecule has 16 nitrogen and oxygen atoms in total. The third-order valence-electron chi connectivity index (χ3n) is 5.52. The highest BCUT2D eigenvalue weighted by atomic mass is 32.2. The number of ether oxygens (including phenoxy) is 1. The average molecular weight is 672 g/mol. The Bertz CT molecular complexity index is 1450. The number of nitrogens with zero attached hydrogens (tertiary/aromatic N) is 6. The molecule has 4 heterocycles. The van der Waals surface area contributed by atoms with Crippen molar-refractivity contribution in [1.29, 1.82) is 0 Å². The van der Waals surface area contributed by atoms with E-state index in [1.807, 2.05) is 6.92 Å². The van der Waals surface area contributed by atoms with Crippen LogP contribution in [0, 0.1) is 6.92 Å². The van der Waals surface area contributed by atoms with Crippen LogP contribution in [-0.2, 0) is 24.0 Å². The van der Waals surface area contributed by atoms with Crippen molar-refractivity contribution >= 4 is 81.1 Å². The molecular formula is C23H29N9O7S4. The molecule has 0 spiro atoms. The van der Waals surface area contributed by atoms with Gasteiger partial charge in [0.2, 0.25) is 11.5 Å². The Hall–Kier alpha value is -3.49. The summed E-state index contributed by atoms with van der Waals surface area (Å²) in [5.41, 5.74) is 5.22. The van der Waals surface area contributed by atoms with Gasteiger partial charge in [0, 0.05) is 36.0 Å². The second-order valence-corrected chi connectivity index (χ2v) is 14.3. The van der Waals surface area contributed by atoms with Gasteiger partial charge in [-0.3, -0.25) is 14.5 Å². The number of carboxylic acids is 1. The lowest BCUT2D eigenvalue weighted by Gasteiger charge is -2.49. The van der Waals surface area contributed by atoms with Crippen LogP contribution in [0.4, 0.5) is 9.93 Å². The first-order valence-electron chi connectivity index (χ1n) is 12.7. The molecule has 0 aromatic carbocycles. The lowest BCUT2D eigenvalue weighted by atomic mass is 10.0. The van der Waals surface area contributed by atoms with Crippen molar-refractivity contribution in [3.8, 4) is 0 Å². The number of hydrogen-bond donors (Lipinski definition) is 4. The highest BCUT2D eigenvalue weighted by Crippen LogP contribution is 2.41. The van der Waals surface area contributed by atoms with Crippen molar-refractivity contribution in [3.05, 3.63) is 22.1 Å². The van der Waals surface area contributed by atoms with E-state index in [0.29, 0.717) is 27.8 Å². The van der Waals surface area contributed by atoms with E-state index >= 15 is 0 Å². The van der Waals surface area contributed by atoms with E-state index < -0.39 is 40.9 Å². The predicted octanol–water partition coefficient (Wildman–Crippen LogP) is 1.45. The summed E-state index contributed by atoms with van der Waals surface area (Å²) in [6.45, 7) is 7.34. The molecule has 2 aromatic heterocycles. The number of β-lactam (4-membered cyclic amide) rings is 1. The number of alkyl carbamates (subject to hydrolysis) is 1. The molecule has 4 rings (SSSR count). The van der Waals surface area contributed by atoms with Gasteiger partial charge in [0.1, 0.15) is 34.3 Å². The van der Waals surface area contributed by atoms with Crippen LogP contribution in [0.25, 0.3) is 0 Å². The Morgan fingerprint density at radius 3 is 2.67 bits per heavy atom. The van der Waals surface area contributed by atoms with Crippen LogP contribution >= 0.6 is 46.4 Å². The smallest absolute Gasteiger partial charge is 0.407 e. The van der Waals surface area contributed by atoms with Gasteiger partial charge < -0.3 is 31.0 Å². The van der Waals surface area contributed by atoms with Crippen molar-refractivity contribution in [2.24, 2.45) is 5.16 Å². The van der Waals surface area contributed by atoms with Crippen LogP contribution in [0.2, 0.25) is 0 Å². The lowest BCUT2D eigenvalue weighted by molar-refractivity contribution is -0.150. The SMILES string of the molecule is Cc1nnc(SCC2=C(C(=O)O)N3C(=O)C(NC(=O)C(=NOCCCNC(=O)OC(C)(C)C)c4nsc(N)n4)[C@@H]3SC2)s1. The van der Waals surface area contributed by atoms with E-state index in [9.17, 15) is 24.3 Å². The Kier molecular flexibility index (Phi) is 10.5. The number of carbonyl (C=O) groups is 4. The number of aryl methyl sites for hydroxylation is 1. The van der Waals surface area contributed by atoms with E-state index in [-0.39, 0.29) is 35.5 Å². The standard InChI is InChI=1S/C23H29N9O7S4/c1-10-28-29-22(42-10)41-9-11-8-40-18-13(17(34)32(18)14(11)19(35)36)26-16(33)12(15-27-20(24)43-31-15)30-38-7-5-6-25-21(37)39-23(2,3)4/h13,18H,5-9H2,1-4H3,(H,25,37)(H,26,33)(H,35,36)(H2,24,27,31)/t13?,18-/m0/s1. The molecule has 43 heavy (non-hydrogen) atoms. The molecular weight excluding hydrogens is 643 g/mol. The van der Waals surface area contributed by atoms with Crippen LogP contribution < -0.4 is 16.4 Å². The zero-order valence-electron chi connectivity index (χ0n) is 23.5. The van der Waals surface area contributed by atoms with E-state index in [1.165, 1.54) is 39.8 Å². The fourth-order valence-electron chi connectivity index (χ4n) is 3.76. The first kappa shape index (κ1) is 32.4. The number of amides is 3. The van der Waals surface area contributed by atoms with Crippen LogP contribution in [-0.4, -0.2) is 101 Å². The van der Waals surface area contributed by atoms with Crippen molar-refractivity contribution < 1.29 is 33.9 Å². The Morgan fingerprint density at radius 1 is 1.28 bits per heavy atom. The number of oxime groups is 1. The Morgan fingerprint density at radius 2 is 2.05 bits per heavy atom. The third kappa shape index (κ3) is 8.33. The lowest BCUT2D eigenvalue weighted by Crippen LogP contribution is -2.71. The van der Waals surface area contributed by atoms with E-state index in [0.717, 1.165) is 16.5 Å². The zero-order chi connectivity index (χ0) is 31.3. The van der Waals surface area contributed by atoms with Gasteiger partial charge in [-0.15, -0.1) is 22.0 Å². The van der Waals surface area contributed by atoms with Crippen molar-refractivity contribution in [2.45, 2.75) is 55.5 Å². The first-order chi connectivity index (χ1) is 20.3. The summed E-state index contributed by atoms with van der Waals surface area (Å²) in [6.07, 6.45) is -0.223. The van der Waals surface area contributed by atoms with Crippen LogP contribution in [0.5, 0.6) is 0 Å². The molecule has 2 atom stereocenters. The number of carbonyl (C=O) groups excluding carboxylic acids is 3. The highest BCUT2D eigenvalue weighted by molar-refractivity contribution is 8.01. The first-order valence-corrected chi connectivity index (χ1v) is 16.4. The monoisotopic (exact) mass is 671 g/mol. The Balaban J connectivity index is 1.37. The van der Waals surface area contributed by atoms with Crippen LogP contribution in [0.3, 0.4) is 0 Å². The van der Waals surface area contributed by atoms with Crippen molar-refractivity contribution in [3.63, 3.8) is 0 Å². The summed E-state index contributed by atoms with van der Waals surface area (Å²) in [5, 5.41) is 27.2. The van der Waals surface area contributed by atoms with Gasteiger partial charge in [0.25, 0.3) is 11.8 Å². The normalized spacial score (nSPS) is 18.6. The van der Waals surface area contributed by atoms with E-state index in [1.54, 1.807) is 20.8 Å². The quantitative estimate of drug-likeness (QED) is 0.0824. The van der Waals surface area contributed by atoms with Crippen molar-refractivity contribution in [1.82, 2.24) is 35.1 Å². The van der Waals surface area contributed by atoms with E-state index in [2.05, 4.69) is 35.3 Å². The minimum absolute atomic E-state index is 0.0327. The predicted molar refractivity (Wildman–Crippen MR) is 161 cm³/mol. The van der Waals surface area contributed by atoms with Gasteiger partial charge >= 0.3 is 12.1 Å². The fraction of sp³-hybridized carbons (Fsp3) is 0.522. The van der Waals surface area contributed by atoms with Gasteiger partial charge in [-0.1, -0.05) is 28.3 Å². The third-order valence-corrected chi connectivity index (χ3v) is 9.46. The number of aliphatic carboxylic acids is 1. The minimum atomic E-state index is -1.23. The number of nitrogens with two attached hydrogens (primary N) is 1. The zero-order valence-corrected chi connectivity index (χ0v) is 26.7. The second-order valence-electron chi connectivity index (χ2n) is 10.0. The van der Waals surface area contributed by atoms with Gasteiger partial charge in [-0.25, -0.2) is 9.59 Å². The average Bonchev–Trinajstić information content (AvgIpc) is 3.55. The molecule has 1 saturated heterocycles. The maximum Gasteiger partial charge on any atom is 0.407 e. The summed E-state index contributed by atoms with van der Waals surface area (Å²) in [7, 11) is 0. The van der Waals surface area contributed by atoms with Gasteiger partial charge in [0.15, 0.2) is 9.47 Å². The van der Waals surface area contributed by atoms with Gasteiger partial charge in [-0.2, -0.15) is 9.36 Å². The minimum Gasteiger partial charge on any atom is -0.477 e. The number of anilines is 1. The second kappa shape index (κ2) is 13.9. The molecule has 0 aliphatic carbocycles. The van der Waals surface area contributed by atoms with Gasteiger partial charge in [-0.05, 0) is 33.3 Å². The molecule has 3 amide bonds. The molecule has 2 aliphatic rings. The molecule has 1 fully saturated rings. The fourth-order valence-corrected chi connectivity index (χ4v) is 7.49. The van der Waals surface area contributed by atoms with Crippen molar-refractivity contribution in [2.75, 3.05) is 30.4 Å². The maximum absolute atomic E-state index is 13.2. The molecule has 2 aliphatic heterocycles. The number of hydrogen-bond acceptors (Lipinski definition) is 16. The van der Waals surface area contributed by atoms with Crippen LogP contribution in [0.1, 0.15) is 38.0 Å². The topological polar surface area (TPSA) is 224 Å². The maximum atomic E-state index is 13.2. The summed E-state index contributed by atoms with van der Waals surface area (Å²) < 4.78 is 9.88. The molecule has 5 N–H and O–H groups in total. The number of fused-ring (bicyclic) bond motifs is 1. The number of aromatic nitrogens is 4. The van der Waals surface area contributed by atoms with E-state index in [4.69, 9.17) is 15.3 Å². The number of thioether (sulfide) groups is 2. The summed E-state index contributed by atoms with van der Waals surface area (Å²) in [4.78, 5) is 60.7. The molecule has 232 valence electrons. The number of rotatable bonds is 12. The summed E-state index contributed by atoms with van der Waals surface area (Å²) >= 11 is 4.94. The summed E-state index contributed by atoms with van der Waals surface area (Å²) in [5.74, 6) is -2.02. The number of nitrogen functional groups attached to an aromatic ring is 1. The molecule has 1 unspecified atom stereocenters. The molecule has 2 aromatic rings. The highest BCUT2D eigenvalue weighted by Gasteiger charge is 2.54. The summed E-state index contributed by atoms with van der Waals surface area (Å²) in [6, 6.07) is -1.01. The molecule has 20 heteroatoms.